The Kier molecular flexibility index (Phi) is 48.2. The monoisotopic (exact) mass is 890 g/mol. The van der Waals surface area contributed by atoms with Crippen molar-refractivity contribution in [1.82, 2.24) is 5.32 Å². The molecule has 0 rings (SSSR count). The summed E-state index contributed by atoms with van der Waals surface area (Å²) in [7, 11) is 0. The second kappa shape index (κ2) is 50.8. The lowest BCUT2D eigenvalue weighted by Gasteiger charge is -2.24. The molecule has 0 aliphatic rings. The summed E-state index contributed by atoms with van der Waals surface area (Å²) in [5, 5.41) is 23.7. The third-order valence-electron chi connectivity index (χ3n) is 11.4. The molecule has 0 aliphatic heterocycles. The average molecular weight is 890 g/mol. The first kappa shape index (κ1) is 60.8. The van der Waals surface area contributed by atoms with Crippen LogP contribution in [0.3, 0.4) is 0 Å². The number of unbranched alkanes of at least 4 members (excludes halogenated alkanes) is 18. The lowest BCUT2D eigenvalue weighted by atomic mass is 10.0. The standard InChI is InChI=1S/C58H99NO5/c1-4-7-10-13-16-19-22-24-26-28-30-32-35-37-40-43-46-49-54(52-57(62)59-55(53-60)56(61)50-47-44-41-38-34-21-18-15-12-9-6-3)64-58(63)51-48-45-42-39-36-33-31-29-27-25-23-20-17-14-11-8-5-2/h7,10,16-17,19-20,24-27,30-33,37,40,54-56,60-61H,4-6,8-9,11-15,18,21-23,28-29,34-36,38-39,41-53H2,1-3H3,(H,59,62)/b10-7-,19-16-,20-17-,26-24-,27-25-,32-30-,33-31-,40-37-. The zero-order valence-corrected chi connectivity index (χ0v) is 41.6. The molecule has 0 aromatic rings. The lowest BCUT2D eigenvalue weighted by molar-refractivity contribution is -0.151. The first-order valence-corrected chi connectivity index (χ1v) is 26.5. The molecule has 0 saturated heterocycles. The van der Waals surface area contributed by atoms with E-state index in [1.807, 2.05) is 0 Å². The Labute approximate surface area is 395 Å². The predicted octanol–water partition coefficient (Wildman–Crippen LogP) is 16.1. The van der Waals surface area contributed by atoms with Crippen LogP contribution < -0.4 is 5.32 Å². The van der Waals surface area contributed by atoms with Crippen LogP contribution in [0.25, 0.3) is 0 Å². The van der Waals surface area contributed by atoms with Crippen LogP contribution in [0.1, 0.15) is 233 Å². The van der Waals surface area contributed by atoms with Crippen LogP contribution in [-0.2, 0) is 14.3 Å². The van der Waals surface area contributed by atoms with Gasteiger partial charge in [0, 0.05) is 6.42 Å². The molecule has 1 amide bonds. The normalized spacial score (nSPS) is 14.0. The maximum atomic E-state index is 13.2. The number of hydrogen-bond donors (Lipinski definition) is 3. The molecule has 366 valence electrons. The van der Waals surface area contributed by atoms with Crippen molar-refractivity contribution in [3.63, 3.8) is 0 Å². The topological polar surface area (TPSA) is 95.9 Å². The molecule has 6 nitrogen and oxygen atoms in total. The van der Waals surface area contributed by atoms with Crippen LogP contribution in [0.5, 0.6) is 0 Å². The second-order valence-corrected chi connectivity index (χ2v) is 17.5. The summed E-state index contributed by atoms with van der Waals surface area (Å²) in [4.78, 5) is 26.2. The minimum atomic E-state index is -0.812. The molecule has 0 bridgehead atoms. The van der Waals surface area contributed by atoms with E-state index < -0.39 is 18.2 Å². The first-order chi connectivity index (χ1) is 31.5. The number of aliphatic hydroxyl groups is 2. The largest absolute Gasteiger partial charge is 0.462 e. The van der Waals surface area contributed by atoms with Gasteiger partial charge in [0.1, 0.15) is 6.10 Å². The summed E-state index contributed by atoms with van der Waals surface area (Å²) in [5.41, 5.74) is 0. The van der Waals surface area contributed by atoms with Gasteiger partial charge in [0.2, 0.25) is 5.91 Å². The molecule has 0 heterocycles. The number of allylic oxidation sites excluding steroid dienone is 16. The number of aliphatic hydroxyl groups excluding tert-OH is 2. The van der Waals surface area contributed by atoms with Crippen LogP contribution in [0.4, 0.5) is 0 Å². The maximum absolute atomic E-state index is 13.2. The highest BCUT2D eigenvalue weighted by molar-refractivity contribution is 5.77. The average Bonchev–Trinajstić information content (AvgIpc) is 3.29. The maximum Gasteiger partial charge on any atom is 0.306 e. The van der Waals surface area contributed by atoms with E-state index in [0.717, 1.165) is 109 Å². The van der Waals surface area contributed by atoms with Gasteiger partial charge in [-0.05, 0) is 103 Å². The molecule has 6 heteroatoms. The number of hydrogen-bond acceptors (Lipinski definition) is 5. The number of nitrogens with one attached hydrogen (secondary N) is 1. The van der Waals surface area contributed by atoms with Gasteiger partial charge in [0.15, 0.2) is 0 Å². The van der Waals surface area contributed by atoms with Gasteiger partial charge in [-0.1, -0.05) is 214 Å². The van der Waals surface area contributed by atoms with Crippen molar-refractivity contribution in [3.8, 4) is 0 Å². The van der Waals surface area contributed by atoms with E-state index in [1.165, 1.54) is 77.0 Å². The van der Waals surface area contributed by atoms with E-state index >= 15 is 0 Å². The predicted molar refractivity (Wildman–Crippen MR) is 277 cm³/mol. The minimum Gasteiger partial charge on any atom is -0.462 e. The lowest BCUT2D eigenvalue weighted by Crippen LogP contribution is -2.46. The van der Waals surface area contributed by atoms with Crippen LogP contribution in [0, 0.1) is 0 Å². The van der Waals surface area contributed by atoms with Crippen LogP contribution in [0.2, 0.25) is 0 Å². The highest BCUT2D eigenvalue weighted by Gasteiger charge is 2.24. The van der Waals surface area contributed by atoms with Gasteiger partial charge in [0.25, 0.3) is 0 Å². The van der Waals surface area contributed by atoms with Gasteiger partial charge in [-0.2, -0.15) is 0 Å². The van der Waals surface area contributed by atoms with Crippen LogP contribution >= 0.6 is 0 Å². The number of carbonyl (C=O) groups is 2. The Balaban J connectivity index is 4.76. The van der Waals surface area contributed by atoms with E-state index in [2.05, 4.69) is 123 Å². The van der Waals surface area contributed by atoms with Crippen molar-refractivity contribution in [1.29, 1.82) is 0 Å². The number of amides is 1. The molecule has 0 saturated carbocycles. The fourth-order valence-corrected chi connectivity index (χ4v) is 7.41. The van der Waals surface area contributed by atoms with Crippen molar-refractivity contribution < 1.29 is 24.5 Å². The van der Waals surface area contributed by atoms with Crippen molar-refractivity contribution >= 4 is 11.9 Å². The van der Waals surface area contributed by atoms with Crippen LogP contribution in [0.15, 0.2) is 97.2 Å². The Bertz CT molecular complexity index is 1270. The van der Waals surface area contributed by atoms with Gasteiger partial charge in [-0.3, -0.25) is 9.59 Å². The molecule has 0 aliphatic carbocycles. The van der Waals surface area contributed by atoms with E-state index in [-0.39, 0.29) is 24.9 Å². The molecule has 0 fully saturated rings. The number of esters is 1. The van der Waals surface area contributed by atoms with Gasteiger partial charge in [-0.25, -0.2) is 0 Å². The Hall–Kier alpha value is -3.22. The van der Waals surface area contributed by atoms with Crippen molar-refractivity contribution in [2.45, 2.75) is 251 Å². The van der Waals surface area contributed by atoms with Crippen molar-refractivity contribution in [3.05, 3.63) is 97.2 Å². The Morgan fingerprint density at radius 2 is 0.859 bits per heavy atom. The summed E-state index contributed by atoms with van der Waals surface area (Å²) in [6.45, 7) is 6.31. The number of carbonyl (C=O) groups excluding carboxylic acids is 2. The molecular formula is C58H99NO5. The molecule has 3 N–H and O–H groups in total. The van der Waals surface area contributed by atoms with E-state index in [9.17, 15) is 19.8 Å². The quantitative estimate of drug-likeness (QED) is 0.0321. The zero-order valence-electron chi connectivity index (χ0n) is 41.6. The molecule has 64 heavy (non-hydrogen) atoms. The summed E-state index contributed by atoms with van der Waals surface area (Å²) >= 11 is 0. The third kappa shape index (κ3) is 45.4. The molecule has 0 radical (unpaired) electrons. The SMILES string of the molecule is CC/C=C\C/C=C\C/C=C\C/C=C\C/C=C\CCCC(CC(=O)NC(CO)C(O)CCCCCCCCCCCCC)OC(=O)CCCCCC/C=C\C/C=C\C/C=C\CCCCC. The van der Waals surface area contributed by atoms with Crippen molar-refractivity contribution in [2.75, 3.05) is 6.61 Å². The molecule has 0 aromatic carbocycles. The molecule has 0 spiro atoms. The molecule has 0 aromatic heterocycles. The fourth-order valence-electron chi connectivity index (χ4n) is 7.41. The van der Waals surface area contributed by atoms with Crippen LogP contribution in [-0.4, -0.2) is 46.9 Å². The molecular weight excluding hydrogens is 791 g/mol. The highest BCUT2D eigenvalue weighted by Crippen LogP contribution is 2.16. The summed E-state index contributed by atoms with van der Waals surface area (Å²) < 4.78 is 5.90. The van der Waals surface area contributed by atoms with Crippen molar-refractivity contribution in [2.24, 2.45) is 0 Å². The van der Waals surface area contributed by atoms with E-state index in [1.54, 1.807) is 0 Å². The van der Waals surface area contributed by atoms with Gasteiger partial charge >= 0.3 is 5.97 Å². The minimum absolute atomic E-state index is 0.0241. The molecule has 3 atom stereocenters. The molecule has 3 unspecified atom stereocenters. The van der Waals surface area contributed by atoms with E-state index in [4.69, 9.17) is 4.74 Å². The third-order valence-corrected chi connectivity index (χ3v) is 11.4. The Morgan fingerprint density at radius 1 is 0.469 bits per heavy atom. The van der Waals surface area contributed by atoms with Gasteiger partial charge < -0.3 is 20.3 Å². The smallest absolute Gasteiger partial charge is 0.306 e. The fraction of sp³-hybridized carbons (Fsp3) is 0.690. The summed E-state index contributed by atoms with van der Waals surface area (Å²) in [6.07, 6.45) is 67.5. The summed E-state index contributed by atoms with van der Waals surface area (Å²) in [6, 6.07) is -0.730. The Morgan fingerprint density at radius 3 is 1.34 bits per heavy atom. The zero-order chi connectivity index (χ0) is 46.7. The number of ether oxygens (including phenoxy) is 1. The van der Waals surface area contributed by atoms with Gasteiger partial charge in [0.05, 0.1) is 25.2 Å². The summed E-state index contributed by atoms with van der Waals surface area (Å²) in [5.74, 6) is -0.562. The van der Waals surface area contributed by atoms with Gasteiger partial charge in [-0.15, -0.1) is 0 Å². The first-order valence-electron chi connectivity index (χ1n) is 26.5. The van der Waals surface area contributed by atoms with E-state index in [0.29, 0.717) is 19.3 Å². The second-order valence-electron chi connectivity index (χ2n) is 17.5. The highest BCUT2D eigenvalue weighted by atomic mass is 16.5. The number of rotatable bonds is 46.